The number of ether oxygens (including phenoxy) is 1. The summed E-state index contributed by atoms with van der Waals surface area (Å²) in [5, 5.41) is 1.13. The molecule has 5 nitrogen and oxygen atoms in total. The second-order valence-corrected chi connectivity index (χ2v) is 7.51. The highest BCUT2D eigenvalue weighted by atomic mass is 79.9. The summed E-state index contributed by atoms with van der Waals surface area (Å²) in [6, 6.07) is 16.2. The summed E-state index contributed by atoms with van der Waals surface area (Å²) in [5.41, 5.74) is 2.17. The lowest BCUT2D eigenvalue weighted by atomic mass is 10.2. The summed E-state index contributed by atoms with van der Waals surface area (Å²) >= 11 is 3.57. The third-order valence-electron chi connectivity index (χ3n) is 5.12. The number of hydrogen-bond donors (Lipinski definition) is 0. The average molecular weight is 428 g/mol. The van der Waals surface area contributed by atoms with Gasteiger partial charge < -0.3 is 19.1 Å². The highest BCUT2D eigenvalue weighted by Crippen LogP contribution is 2.28. The quantitative estimate of drug-likeness (QED) is 0.635. The van der Waals surface area contributed by atoms with E-state index in [2.05, 4.69) is 26.9 Å². The van der Waals surface area contributed by atoms with Gasteiger partial charge in [0.25, 0.3) is 0 Å². The Balaban J connectivity index is 1.42. The van der Waals surface area contributed by atoms with E-state index in [9.17, 15) is 4.79 Å². The molecule has 0 saturated carbocycles. The molecule has 1 aliphatic heterocycles. The van der Waals surface area contributed by atoms with Crippen molar-refractivity contribution in [2.45, 2.75) is 6.54 Å². The van der Waals surface area contributed by atoms with Crippen molar-refractivity contribution in [1.29, 1.82) is 0 Å². The molecule has 1 aliphatic rings. The van der Waals surface area contributed by atoms with Crippen molar-refractivity contribution in [3.8, 4) is 5.75 Å². The van der Waals surface area contributed by atoms with Crippen LogP contribution in [0, 0.1) is 0 Å². The van der Waals surface area contributed by atoms with Gasteiger partial charge in [-0.15, -0.1) is 0 Å². The van der Waals surface area contributed by atoms with E-state index in [1.807, 2.05) is 58.1 Å². The Labute approximate surface area is 167 Å². The number of nitrogens with zero attached hydrogens (tertiary/aromatic N) is 3. The summed E-state index contributed by atoms with van der Waals surface area (Å²) in [6.07, 6.45) is 1.98. The van der Waals surface area contributed by atoms with Gasteiger partial charge in [-0.2, -0.15) is 0 Å². The normalized spacial score (nSPS) is 14.6. The standard InChI is InChI=1S/C21H22BrN3O2/c1-27-20-8-3-2-6-19(20)23-11-13-24(14-12-23)21(26)15-25-10-9-16-17(22)5-4-7-18(16)25/h2-10H,11-15H2,1H3. The van der Waals surface area contributed by atoms with Crippen molar-refractivity contribution in [3.63, 3.8) is 0 Å². The van der Waals surface area contributed by atoms with E-state index in [1.165, 1.54) is 0 Å². The van der Waals surface area contributed by atoms with Crippen molar-refractivity contribution < 1.29 is 9.53 Å². The van der Waals surface area contributed by atoms with E-state index in [1.54, 1.807) is 7.11 Å². The second-order valence-electron chi connectivity index (χ2n) is 6.66. The molecule has 2 heterocycles. The van der Waals surface area contributed by atoms with E-state index in [-0.39, 0.29) is 5.91 Å². The first-order valence-corrected chi connectivity index (χ1v) is 9.86. The van der Waals surface area contributed by atoms with Gasteiger partial charge >= 0.3 is 0 Å². The lowest BCUT2D eigenvalue weighted by Crippen LogP contribution is -2.49. The number of piperazine rings is 1. The van der Waals surface area contributed by atoms with E-state index in [0.29, 0.717) is 6.54 Å². The number of fused-ring (bicyclic) bond motifs is 1. The van der Waals surface area contributed by atoms with Crippen LogP contribution in [0.4, 0.5) is 5.69 Å². The Kier molecular flexibility index (Phi) is 5.07. The van der Waals surface area contributed by atoms with Gasteiger partial charge in [-0.25, -0.2) is 0 Å². The van der Waals surface area contributed by atoms with Gasteiger partial charge in [0.1, 0.15) is 12.3 Å². The van der Waals surface area contributed by atoms with Gasteiger partial charge in [0.05, 0.1) is 12.8 Å². The number of methoxy groups -OCH3 is 1. The maximum atomic E-state index is 12.8. The third-order valence-corrected chi connectivity index (χ3v) is 5.82. The Bertz CT molecular complexity index is 961. The summed E-state index contributed by atoms with van der Waals surface area (Å²) in [4.78, 5) is 17.0. The summed E-state index contributed by atoms with van der Waals surface area (Å²) in [5.74, 6) is 1.04. The summed E-state index contributed by atoms with van der Waals surface area (Å²) in [7, 11) is 1.69. The SMILES string of the molecule is COc1ccccc1N1CCN(C(=O)Cn2ccc3c(Br)cccc32)CC1. The van der Waals surface area contributed by atoms with Crippen molar-refractivity contribution in [3.05, 3.63) is 59.2 Å². The van der Waals surface area contributed by atoms with Crippen LogP contribution in [0.25, 0.3) is 10.9 Å². The Morgan fingerprint density at radius 1 is 1.04 bits per heavy atom. The Morgan fingerprint density at radius 2 is 1.81 bits per heavy atom. The molecule has 0 bridgehead atoms. The average Bonchev–Trinajstić information content (AvgIpc) is 3.12. The minimum absolute atomic E-state index is 0.159. The monoisotopic (exact) mass is 427 g/mol. The topological polar surface area (TPSA) is 37.7 Å². The van der Waals surface area contributed by atoms with Crippen molar-refractivity contribution in [2.75, 3.05) is 38.2 Å². The first kappa shape index (κ1) is 17.9. The molecule has 0 spiro atoms. The number of anilines is 1. The fraction of sp³-hybridized carbons (Fsp3) is 0.286. The number of hydrogen-bond acceptors (Lipinski definition) is 3. The van der Waals surface area contributed by atoms with Crippen LogP contribution in [-0.2, 0) is 11.3 Å². The van der Waals surface area contributed by atoms with Crippen LogP contribution in [0.1, 0.15) is 0 Å². The lowest BCUT2D eigenvalue weighted by molar-refractivity contribution is -0.132. The zero-order valence-corrected chi connectivity index (χ0v) is 16.9. The van der Waals surface area contributed by atoms with Gasteiger partial charge in [-0.3, -0.25) is 4.79 Å². The first-order valence-electron chi connectivity index (χ1n) is 9.06. The fourth-order valence-corrected chi connectivity index (χ4v) is 4.15. The molecule has 0 aliphatic carbocycles. The summed E-state index contributed by atoms with van der Waals surface area (Å²) < 4.78 is 8.54. The molecular weight excluding hydrogens is 406 g/mol. The summed E-state index contributed by atoms with van der Waals surface area (Å²) in [6.45, 7) is 3.43. The van der Waals surface area contributed by atoms with Crippen LogP contribution >= 0.6 is 15.9 Å². The van der Waals surface area contributed by atoms with Gasteiger partial charge in [0.15, 0.2) is 0 Å². The van der Waals surface area contributed by atoms with Crippen LogP contribution in [0.3, 0.4) is 0 Å². The maximum Gasteiger partial charge on any atom is 0.242 e. The predicted molar refractivity (Wildman–Crippen MR) is 111 cm³/mol. The van der Waals surface area contributed by atoms with Crippen LogP contribution in [0.2, 0.25) is 0 Å². The third kappa shape index (κ3) is 3.54. The number of para-hydroxylation sites is 2. The van der Waals surface area contributed by atoms with Gasteiger partial charge in [-0.05, 0) is 30.3 Å². The van der Waals surface area contributed by atoms with Gasteiger partial charge in [0, 0.05) is 47.8 Å². The van der Waals surface area contributed by atoms with Crippen molar-refractivity contribution in [1.82, 2.24) is 9.47 Å². The zero-order chi connectivity index (χ0) is 18.8. The van der Waals surface area contributed by atoms with E-state index < -0.39 is 0 Å². The van der Waals surface area contributed by atoms with Crippen LogP contribution < -0.4 is 9.64 Å². The molecule has 27 heavy (non-hydrogen) atoms. The molecule has 1 saturated heterocycles. The van der Waals surface area contributed by atoms with E-state index in [0.717, 1.165) is 53.0 Å². The number of benzene rings is 2. The van der Waals surface area contributed by atoms with E-state index in [4.69, 9.17) is 4.74 Å². The molecule has 2 aromatic carbocycles. The number of aromatic nitrogens is 1. The highest BCUT2D eigenvalue weighted by Gasteiger charge is 2.23. The number of carbonyl (C=O) groups excluding carboxylic acids is 1. The highest BCUT2D eigenvalue weighted by molar-refractivity contribution is 9.10. The van der Waals surface area contributed by atoms with Crippen molar-refractivity contribution in [2.24, 2.45) is 0 Å². The molecule has 0 unspecified atom stereocenters. The molecule has 0 radical (unpaired) electrons. The Morgan fingerprint density at radius 3 is 2.59 bits per heavy atom. The zero-order valence-electron chi connectivity index (χ0n) is 15.3. The molecule has 6 heteroatoms. The van der Waals surface area contributed by atoms with Gasteiger partial charge in [0.2, 0.25) is 5.91 Å². The van der Waals surface area contributed by atoms with E-state index >= 15 is 0 Å². The molecule has 1 amide bonds. The van der Waals surface area contributed by atoms with Crippen LogP contribution in [0.15, 0.2) is 59.2 Å². The maximum absolute atomic E-state index is 12.8. The lowest BCUT2D eigenvalue weighted by Gasteiger charge is -2.36. The van der Waals surface area contributed by atoms with Gasteiger partial charge in [-0.1, -0.05) is 34.1 Å². The Hall–Kier alpha value is -2.47. The minimum Gasteiger partial charge on any atom is -0.495 e. The molecule has 140 valence electrons. The number of halogens is 1. The number of carbonyl (C=O) groups is 1. The second kappa shape index (κ2) is 7.64. The molecular formula is C21H22BrN3O2. The molecule has 1 aromatic heterocycles. The predicted octanol–water partition coefficient (Wildman–Crippen LogP) is 3.76. The smallest absolute Gasteiger partial charge is 0.242 e. The van der Waals surface area contributed by atoms with Crippen LogP contribution in [-0.4, -0.2) is 48.7 Å². The number of amides is 1. The molecule has 0 N–H and O–H groups in total. The largest absolute Gasteiger partial charge is 0.495 e. The molecule has 3 aromatic rings. The molecule has 1 fully saturated rings. The van der Waals surface area contributed by atoms with Crippen LogP contribution in [0.5, 0.6) is 5.75 Å². The van der Waals surface area contributed by atoms with Crippen molar-refractivity contribution >= 4 is 38.4 Å². The first-order chi connectivity index (χ1) is 13.2. The fourth-order valence-electron chi connectivity index (χ4n) is 3.66. The molecule has 0 atom stereocenters. The number of rotatable bonds is 4. The molecule has 4 rings (SSSR count). The minimum atomic E-state index is 0.159.